The number of allylic oxidation sites excluding steroid dienone is 2. The molecule has 1 amide bonds. The Kier molecular flexibility index (Phi) is 6.89. The van der Waals surface area contributed by atoms with Gasteiger partial charge < -0.3 is 0 Å². The van der Waals surface area contributed by atoms with Crippen LogP contribution in [0.1, 0.15) is 29.0 Å². The van der Waals surface area contributed by atoms with Gasteiger partial charge in [-0.1, -0.05) is 0 Å². The number of para-hydroxylation sites is 1. The number of carbonyl (C=O) groups is 2. The number of Topliss-reactive ketones (excluding diaryl/α,β-unsaturated/α-hetero) is 1. The van der Waals surface area contributed by atoms with Gasteiger partial charge in [-0.05, 0) is 0 Å². The number of furan rings is 1. The maximum atomic E-state index is 13.3. The van der Waals surface area contributed by atoms with Crippen LogP contribution in [0.3, 0.4) is 0 Å². The molecule has 2 N–H and O–H groups in total. The number of nitrogens with zero attached hydrogens (tertiary/aromatic N) is 1. The summed E-state index contributed by atoms with van der Waals surface area (Å²) in [5.41, 5.74) is 2.75. The second-order valence-electron chi connectivity index (χ2n) is 7.36. The van der Waals surface area contributed by atoms with Crippen molar-refractivity contribution in [2.45, 2.75) is 18.2 Å². The third-order valence-electron chi connectivity index (χ3n) is 5.19. The van der Waals surface area contributed by atoms with Crippen molar-refractivity contribution in [3.05, 3.63) is 112 Å². The predicted octanol–water partition coefficient (Wildman–Crippen LogP) is 4.62. The van der Waals surface area contributed by atoms with E-state index in [1.807, 2.05) is 36.4 Å². The molecule has 1 unspecified atom stereocenters. The van der Waals surface area contributed by atoms with Crippen LogP contribution in [-0.2, 0) is 4.79 Å². The fraction of sp³-hybridized carbons (Fsp3) is 0.115. The Labute approximate surface area is 198 Å². The van der Waals surface area contributed by atoms with E-state index >= 15 is 0 Å². The van der Waals surface area contributed by atoms with Crippen molar-refractivity contribution in [2.75, 3.05) is 5.32 Å². The van der Waals surface area contributed by atoms with E-state index in [9.17, 15) is 14.9 Å². The first-order chi connectivity index (χ1) is 16.1. The number of amides is 1. The molecule has 7 heteroatoms. The fourth-order valence-electron chi connectivity index (χ4n) is 3.63. The van der Waals surface area contributed by atoms with E-state index in [1.54, 1.807) is 43.3 Å². The molecule has 0 saturated carbocycles. The minimum absolute atomic E-state index is 0.0194. The number of dihydropyridines is 1. The molecule has 6 nitrogen and oxygen atoms in total. The Bertz CT molecular complexity index is 1260. The summed E-state index contributed by atoms with van der Waals surface area (Å²) < 4.78 is 6.32. The van der Waals surface area contributed by atoms with Crippen molar-refractivity contribution in [1.82, 2.24) is 5.32 Å². The number of hydrogen-bond acceptors (Lipinski definition) is 5. The Morgan fingerprint density at radius 2 is 1.76 bits per heavy atom. The first kappa shape index (κ1) is 22.3. The molecule has 0 aliphatic carbocycles. The molecule has 33 heavy (non-hydrogen) atoms. The van der Waals surface area contributed by atoms with Crippen molar-refractivity contribution >= 4 is 32.3 Å². The van der Waals surface area contributed by atoms with Crippen LogP contribution in [0.4, 0.5) is 5.69 Å². The second-order valence-corrected chi connectivity index (χ2v) is 9.43. The average molecular weight is 502 g/mol. The molecule has 1 aromatic heterocycles. The van der Waals surface area contributed by atoms with Gasteiger partial charge in [0.05, 0.1) is 0 Å². The monoisotopic (exact) mass is 503 g/mol. The van der Waals surface area contributed by atoms with E-state index in [1.165, 1.54) is 6.26 Å². The fourth-order valence-corrected chi connectivity index (χ4v) is 5.70. The molecule has 1 aliphatic rings. The van der Waals surface area contributed by atoms with Crippen LogP contribution in [-0.4, -0.2) is 26.6 Å². The van der Waals surface area contributed by atoms with Gasteiger partial charge in [-0.15, -0.1) is 0 Å². The van der Waals surface area contributed by atoms with Crippen molar-refractivity contribution < 1.29 is 14.0 Å². The summed E-state index contributed by atoms with van der Waals surface area (Å²) in [5.74, 6) is -0.440. The van der Waals surface area contributed by atoms with Crippen LogP contribution in [0.25, 0.3) is 0 Å². The van der Waals surface area contributed by atoms with Crippen molar-refractivity contribution in [3.8, 4) is 6.07 Å². The molecule has 1 atom stereocenters. The van der Waals surface area contributed by atoms with Crippen LogP contribution in [0, 0.1) is 11.3 Å². The Balaban J connectivity index is 1.64. The van der Waals surface area contributed by atoms with Crippen LogP contribution >= 0.6 is 0 Å². The third-order valence-corrected chi connectivity index (χ3v) is 7.33. The Morgan fingerprint density at radius 1 is 1.06 bits per heavy atom. The third kappa shape index (κ3) is 4.98. The standard InChI is InChI=1S/C26H21N3O3Se/c1-17-23(25(31)29-19-11-6-3-7-12-19)24(22-13-8-14-32-22)20(15-27)26(28-17)33-16-21(30)18-9-4-2-5-10-18/h2-14,24,28H,16H2,1H3,(H,29,31). The van der Waals surface area contributed by atoms with Crippen LogP contribution in [0.2, 0.25) is 5.32 Å². The van der Waals surface area contributed by atoms with Gasteiger partial charge in [0.2, 0.25) is 0 Å². The number of anilines is 1. The molecule has 0 radical (unpaired) electrons. The predicted molar refractivity (Wildman–Crippen MR) is 126 cm³/mol. The molecule has 0 spiro atoms. The average Bonchev–Trinajstić information content (AvgIpc) is 3.37. The van der Waals surface area contributed by atoms with Crippen LogP contribution in [0.5, 0.6) is 0 Å². The van der Waals surface area contributed by atoms with Gasteiger partial charge in [-0.3, -0.25) is 0 Å². The van der Waals surface area contributed by atoms with Gasteiger partial charge >= 0.3 is 198 Å². The summed E-state index contributed by atoms with van der Waals surface area (Å²) in [6.07, 6.45) is 1.53. The number of ketones is 1. The summed E-state index contributed by atoms with van der Waals surface area (Å²) in [6.45, 7) is 1.80. The van der Waals surface area contributed by atoms with Gasteiger partial charge in [-0.25, -0.2) is 0 Å². The summed E-state index contributed by atoms with van der Waals surface area (Å²) >= 11 is -0.328. The number of hydrogen-bond donors (Lipinski definition) is 2. The number of benzene rings is 2. The molecule has 2 heterocycles. The Morgan fingerprint density at radius 3 is 2.39 bits per heavy atom. The zero-order valence-corrected chi connectivity index (χ0v) is 19.6. The van der Waals surface area contributed by atoms with Crippen LogP contribution < -0.4 is 10.6 Å². The molecule has 2 aromatic carbocycles. The maximum absolute atomic E-state index is 13.3. The first-order valence-corrected chi connectivity index (χ1v) is 12.4. The normalized spacial score (nSPS) is 15.6. The van der Waals surface area contributed by atoms with Crippen LogP contribution in [0.15, 0.2) is 105 Å². The van der Waals surface area contributed by atoms with E-state index in [0.717, 1.165) is 0 Å². The van der Waals surface area contributed by atoms with Crippen molar-refractivity contribution in [1.29, 1.82) is 5.26 Å². The van der Waals surface area contributed by atoms with E-state index in [-0.39, 0.29) is 26.6 Å². The summed E-state index contributed by atoms with van der Waals surface area (Å²) in [6, 6.07) is 24.0. The van der Waals surface area contributed by atoms with Crippen molar-refractivity contribution in [3.63, 3.8) is 0 Å². The Hall–Kier alpha value is -3.85. The minimum atomic E-state index is -0.654. The number of nitrogens with one attached hydrogen (secondary N) is 2. The molecule has 0 saturated heterocycles. The zero-order valence-electron chi connectivity index (χ0n) is 17.9. The molecule has 0 bridgehead atoms. The van der Waals surface area contributed by atoms with Gasteiger partial charge in [-0.2, -0.15) is 0 Å². The summed E-state index contributed by atoms with van der Waals surface area (Å²) in [7, 11) is 0. The van der Waals surface area contributed by atoms with Gasteiger partial charge in [0.15, 0.2) is 0 Å². The molecule has 1 aliphatic heterocycles. The topological polar surface area (TPSA) is 95.1 Å². The number of nitriles is 1. The van der Waals surface area contributed by atoms with E-state index in [2.05, 4.69) is 16.7 Å². The number of carbonyl (C=O) groups excluding carboxylic acids is 2. The molecule has 0 fully saturated rings. The molecular formula is C26H21N3O3Se. The molecule has 164 valence electrons. The number of rotatable bonds is 7. The quantitative estimate of drug-likeness (QED) is 0.363. The second kappa shape index (κ2) is 10.2. The van der Waals surface area contributed by atoms with E-state index in [4.69, 9.17) is 4.42 Å². The zero-order chi connectivity index (χ0) is 23.2. The van der Waals surface area contributed by atoms with Gasteiger partial charge in [0.25, 0.3) is 0 Å². The summed E-state index contributed by atoms with van der Waals surface area (Å²) in [5, 5.41) is 16.5. The van der Waals surface area contributed by atoms with Gasteiger partial charge in [0, 0.05) is 0 Å². The van der Waals surface area contributed by atoms with Gasteiger partial charge in [0.1, 0.15) is 0 Å². The molecular weight excluding hydrogens is 481 g/mol. The van der Waals surface area contributed by atoms with Crippen molar-refractivity contribution in [2.24, 2.45) is 0 Å². The molecule has 4 rings (SSSR count). The first-order valence-electron chi connectivity index (χ1n) is 10.3. The summed E-state index contributed by atoms with van der Waals surface area (Å²) in [4.78, 5) is 25.9. The van der Waals surface area contributed by atoms with E-state index < -0.39 is 5.92 Å². The van der Waals surface area contributed by atoms with E-state index in [0.29, 0.717) is 43.8 Å². The molecule has 3 aromatic rings. The SMILES string of the molecule is CC1=C(C(=O)Nc2ccccc2)C(c2ccco2)C(C#N)=C([Se]CC(=O)c2ccccc2)N1.